The smallest absolute Gasteiger partial charge is 0.329 e. The number of hydrogen-bond donors (Lipinski definition) is 2. The first-order valence-electron chi connectivity index (χ1n) is 10.6. The standard InChI is InChI=1S/C21H29N3O6/c1-12(24-18(26)15-10-6-7-11-16(15)19(24)27)20(28)30-13(2)17(25)23-21(29)22-14-8-4-3-5-9-14/h6-7,12-16H,3-5,8-11H2,1-2H3,(H2,22,23,25,29)/t12-,13+,15-,16-/m0/s1. The summed E-state index contributed by atoms with van der Waals surface area (Å²) in [6.45, 7) is 2.74. The van der Waals surface area contributed by atoms with Crippen LogP contribution in [0, 0.1) is 11.8 Å². The number of carbonyl (C=O) groups is 5. The Hall–Kier alpha value is -2.71. The number of likely N-dealkylation sites (tertiary alicyclic amines) is 1. The van der Waals surface area contributed by atoms with Gasteiger partial charge in [-0.05, 0) is 39.5 Å². The summed E-state index contributed by atoms with van der Waals surface area (Å²) in [6.07, 6.45) is 8.40. The third-order valence-corrected chi connectivity index (χ3v) is 6.11. The molecular formula is C21H29N3O6. The number of hydrogen-bond acceptors (Lipinski definition) is 6. The van der Waals surface area contributed by atoms with Crippen molar-refractivity contribution in [3.63, 3.8) is 0 Å². The first-order chi connectivity index (χ1) is 14.3. The molecule has 0 aromatic rings. The molecule has 5 amide bonds. The molecule has 2 fully saturated rings. The van der Waals surface area contributed by atoms with E-state index in [4.69, 9.17) is 4.74 Å². The summed E-state index contributed by atoms with van der Waals surface area (Å²) in [5, 5.41) is 4.93. The molecule has 164 valence electrons. The van der Waals surface area contributed by atoms with Crippen LogP contribution in [0.15, 0.2) is 12.2 Å². The van der Waals surface area contributed by atoms with Gasteiger partial charge in [0.05, 0.1) is 11.8 Å². The van der Waals surface area contributed by atoms with Crippen molar-refractivity contribution in [3.8, 4) is 0 Å². The van der Waals surface area contributed by atoms with Crippen LogP contribution >= 0.6 is 0 Å². The van der Waals surface area contributed by atoms with Gasteiger partial charge in [0.2, 0.25) is 11.8 Å². The van der Waals surface area contributed by atoms with Crippen molar-refractivity contribution in [1.82, 2.24) is 15.5 Å². The Morgan fingerprint density at radius 1 is 1.00 bits per heavy atom. The van der Waals surface area contributed by atoms with Crippen LogP contribution in [0.1, 0.15) is 58.8 Å². The van der Waals surface area contributed by atoms with Crippen molar-refractivity contribution in [3.05, 3.63) is 12.2 Å². The van der Waals surface area contributed by atoms with Gasteiger partial charge in [0.15, 0.2) is 6.10 Å². The van der Waals surface area contributed by atoms with Crippen LogP contribution in [-0.4, -0.2) is 52.8 Å². The SMILES string of the molecule is C[C@@H](OC(=O)[C@H](C)N1C(=O)[C@H]2CC=CC[C@@H]2C1=O)C(=O)NC(=O)NC1CCCCC1. The third-order valence-electron chi connectivity index (χ3n) is 6.11. The molecule has 0 aromatic carbocycles. The van der Waals surface area contributed by atoms with Crippen molar-refractivity contribution < 1.29 is 28.7 Å². The van der Waals surface area contributed by atoms with Gasteiger partial charge in [0, 0.05) is 6.04 Å². The lowest BCUT2D eigenvalue weighted by molar-refractivity contribution is -0.163. The summed E-state index contributed by atoms with van der Waals surface area (Å²) in [4.78, 5) is 62.8. The fourth-order valence-corrected chi connectivity index (χ4v) is 4.32. The van der Waals surface area contributed by atoms with E-state index >= 15 is 0 Å². The minimum Gasteiger partial charge on any atom is -0.451 e. The molecule has 9 nitrogen and oxygen atoms in total. The molecule has 1 heterocycles. The molecule has 1 saturated carbocycles. The first-order valence-corrected chi connectivity index (χ1v) is 10.6. The molecule has 1 saturated heterocycles. The molecule has 4 atom stereocenters. The van der Waals surface area contributed by atoms with Gasteiger partial charge in [-0.2, -0.15) is 0 Å². The molecular weight excluding hydrogens is 390 g/mol. The number of fused-ring (bicyclic) bond motifs is 1. The molecule has 9 heteroatoms. The maximum absolute atomic E-state index is 12.6. The van der Waals surface area contributed by atoms with E-state index in [1.54, 1.807) is 0 Å². The van der Waals surface area contributed by atoms with Crippen molar-refractivity contribution >= 4 is 29.7 Å². The van der Waals surface area contributed by atoms with Crippen molar-refractivity contribution in [2.45, 2.75) is 77.0 Å². The highest BCUT2D eigenvalue weighted by Gasteiger charge is 2.50. The first kappa shape index (κ1) is 22.0. The van der Waals surface area contributed by atoms with Crippen molar-refractivity contribution in [2.24, 2.45) is 11.8 Å². The Balaban J connectivity index is 1.50. The maximum Gasteiger partial charge on any atom is 0.329 e. The van der Waals surface area contributed by atoms with Crippen LogP contribution in [0.4, 0.5) is 4.79 Å². The highest BCUT2D eigenvalue weighted by Crippen LogP contribution is 2.36. The summed E-state index contributed by atoms with van der Waals surface area (Å²) in [6, 6.07) is -1.72. The number of nitrogens with zero attached hydrogens (tertiary/aromatic N) is 1. The Labute approximate surface area is 175 Å². The summed E-state index contributed by atoms with van der Waals surface area (Å²) < 4.78 is 5.13. The molecule has 0 bridgehead atoms. The van der Waals surface area contributed by atoms with E-state index in [1.165, 1.54) is 13.8 Å². The highest BCUT2D eigenvalue weighted by molar-refractivity contribution is 6.08. The van der Waals surface area contributed by atoms with Gasteiger partial charge in [-0.15, -0.1) is 0 Å². The van der Waals surface area contributed by atoms with Crippen LogP contribution in [0.2, 0.25) is 0 Å². The molecule has 0 radical (unpaired) electrons. The van der Waals surface area contributed by atoms with E-state index in [0.717, 1.165) is 37.0 Å². The van der Waals surface area contributed by atoms with E-state index in [-0.39, 0.29) is 17.9 Å². The van der Waals surface area contributed by atoms with Gasteiger partial charge in [0.1, 0.15) is 6.04 Å². The Morgan fingerprint density at radius 3 is 2.13 bits per heavy atom. The summed E-state index contributed by atoms with van der Waals surface area (Å²) in [5.74, 6) is -3.28. The molecule has 0 spiro atoms. The van der Waals surface area contributed by atoms with Crippen LogP contribution in [0.3, 0.4) is 0 Å². The predicted octanol–water partition coefficient (Wildman–Crippen LogP) is 1.42. The maximum atomic E-state index is 12.6. The molecule has 1 aliphatic heterocycles. The van der Waals surface area contributed by atoms with Crippen LogP contribution in [0.25, 0.3) is 0 Å². The van der Waals surface area contributed by atoms with Crippen molar-refractivity contribution in [1.29, 1.82) is 0 Å². The molecule has 0 aromatic heterocycles. The van der Waals surface area contributed by atoms with E-state index in [1.807, 2.05) is 12.2 Å². The topological polar surface area (TPSA) is 122 Å². The zero-order valence-corrected chi connectivity index (χ0v) is 17.4. The van der Waals surface area contributed by atoms with Crippen molar-refractivity contribution in [2.75, 3.05) is 0 Å². The zero-order valence-electron chi connectivity index (χ0n) is 17.4. The average molecular weight is 419 g/mol. The zero-order chi connectivity index (χ0) is 21.8. The molecule has 30 heavy (non-hydrogen) atoms. The molecule has 2 aliphatic carbocycles. The second-order valence-corrected chi connectivity index (χ2v) is 8.26. The third kappa shape index (κ3) is 4.71. The Kier molecular flexibility index (Phi) is 6.89. The number of urea groups is 1. The lowest BCUT2D eigenvalue weighted by Gasteiger charge is -2.24. The Bertz CT molecular complexity index is 732. The summed E-state index contributed by atoms with van der Waals surface area (Å²) in [5.41, 5.74) is 0. The number of ether oxygens (including phenoxy) is 1. The van der Waals surface area contributed by atoms with Gasteiger partial charge < -0.3 is 10.1 Å². The second kappa shape index (κ2) is 9.40. The van der Waals surface area contributed by atoms with E-state index in [0.29, 0.717) is 12.8 Å². The van der Waals surface area contributed by atoms with Crippen LogP contribution in [-0.2, 0) is 23.9 Å². The Morgan fingerprint density at radius 2 is 1.57 bits per heavy atom. The highest BCUT2D eigenvalue weighted by atomic mass is 16.5. The second-order valence-electron chi connectivity index (χ2n) is 8.26. The van der Waals surface area contributed by atoms with Gasteiger partial charge in [-0.1, -0.05) is 31.4 Å². The van der Waals surface area contributed by atoms with Gasteiger partial charge >= 0.3 is 12.0 Å². The fourth-order valence-electron chi connectivity index (χ4n) is 4.32. The van der Waals surface area contributed by atoms with Gasteiger partial charge in [0.25, 0.3) is 5.91 Å². The van der Waals surface area contributed by atoms with E-state index in [9.17, 15) is 24.0 Å². The number of amides is 5. The minimum atomic E-state index is -1.24. The fraction of sp³-hybridized carbons (Fsp3) is 0.667. The normalized spacial score (nSPS) is 26.0. The number of esters is 1. The lowest BCUT2D eigenvalue weighted by atomic mass is 9.85. The largest absolute Gasteiger partial charge is 0.451 e. The summed E-state index contributed by atoms with van der Waals surface area (Å²) >= 11 is 0. The summed E-state index contributed by atoms with van der Waals surface area (Å²) in [7, 11) is 0. The predicted molar refractivity (Wildman–Crippen MR) is 106 cm³/mol. The molecule has 3 rings (SSSR count). The van der Waals surface area contributed by atoms with E-state index in [2.05, 4.69) is 10.6 Å². The minimum absolute atomic E-state index is 0.0367. The number of carbonyl (C=O) groups excluding carboxylic acids is 5. The number of imide groups is 2. The molecule has 0 unspecified atom stereocenters. The number of allylic oxidation sites excluding steroid dienone is 2. The molecule has 2 N–H and O–H groups in total. The van der Waals surface area contributed by atoms with E-state index < -0.39 is 41.9 Å². The number of rotatable bonds is 5. The van der Waals surface area contributed by atoms with Gasteiger partial charge in [-0.25, -0.2) is 9.59 Å². The quantitative estimate of drug-likeness (QED) is 0.395. The lowest BCUT2D eigenvalue weighted by Crippen LogP contribution is -2.50. The monoisotopic (exact) mass is 419 g/mol. The average Bonchev–Trinajstić information content (AvgIpc) is 2.98. The number of nitrogens with one attached hydrogen (secondary N) is 2. The van der Waals surface area contributed by atoms with Crippen LogP contribution < -0.4 is 10.6 Å². The van der Waals surface area contributed by atoms with Crippen LogP contribution in [0.5, 0.6) is 0 Å². The molecule has 3 aliphatic rings. The van der Waals surface area contributed by atoms with Gasteiger partial charge in [-0.3, -0.25) is 24.6 Å².